The van der Waals surface area contributed by atoms with Gasteiger partial charge in [-0.3, -0.25) is 9.38 Å². The number of hydrogen-bond acceptors (Lipinski definition) is 3. The Balaban J connectivity index is 1.87. The first-order valence-electron chi connectivity index (χ1n) is 7.76. The summed E-state index contributed by atoms with van der Waals surface area (Å²) in [5.41, 5.74) is 4.87. The van der Waals surface area contributed by atoms with Gasteiger partial charge in [0, 0.05) is 17.3 Å². The summed E-state index contributed by atoms with van der Waals surface area (Å²) >= 11 is 0. The van der Waals surface area contributed by atoms with Crippen LogP contribution in [-0.2, 0) is 0 Å². The van der Waals surface area contributed by atoms with Crippen LogP contribution in [0.2, 0.25) is 0 Å². The summed E-state index contributed by atoms with van der Waals surface area (Å²) in [7, 11) is 0. The molecule has 0 aliphatic carbocycles. The number of aromatic nitrogens is 3. The minimum absolute atomic E-state index is 0.289. The molecule has 120 valence electrons. The topological polar surface area (TPSA) is 54.0 Å². The fourth-order valence-electron chi connectivity index (χ4n) is 2.75. The molecule has 0 amide bonds. The maximum atomic E-state index is 14.4. The molecule has 5 heteroatoms. The zero-order valence-electron chi connectivity index (χ0n) is 13.4. The highest BCUT2D eigenvalue weighted by atomic mass is 19.1. The van der Waals surface area contributed by atoms with Crippen LogP contribution in [0.4, 0.5) is 4.39 Å². The molecule has 4 aromatic rings. The molecule has 0 aliphatic heterocycles. The van der Waals surface area contributed by atoms with Crippen LogP contribution in [0, 0.1) is 24.1 Å². The zero-order chi connectivity index (χ0) is 17.4. The molecule has 0 N–H and O–H groups in total. The van der Waals surface area contributed by atoms with Gasteiger partial charge in [-0.25, -0.2) is 9.37 Å². The average molecular weight is 328 g/mol. The largest absolute Gasteiger partial charge is 0.296 e. The third-order valence-corrected chi connectivity index (χ3v) is 4.12. The van der Waals surface area contributed by atoms with E-state index in [9.17, 15) is 4.39 Å². The van der Waals surface area contributed by atoms with Crippen LogP contribution in [-0.4, -0.2) is 14.4 Å². The van der Waals surface area contributed by atoms with Crippen molar-refractivity contribution in [3.8, 4) is 28.6 Å². The van der Waals surface area contributed by atoms with Gasteiger partial charge in [-0.15, -0.1) is 0 Å². The standard InChI is InChI=1S/C20H13FN4/c1-13-2-5-15(6-3-13)18-12-25-19(10-24-20(25)11-23-18)16-7-4-14(9-22)8-17(16)21/h2-8,10-12H,1H3. The summed E-state index contributed by atoms with van der Waals surface area (Å²) in [5, 5.41) is 8.89. The molecule has 0 unspecified atom stereocenters. The predicted octanol–water partition coefficient (Wildman–Crippen LogP) is 4.38. The smallest absolute Gasteiger partial charge is 0.155 e. The van der Waals surface area contributed by atoms with E-state index in [1.165, 1.54) is 11.6 Å². The third-order valence-electron chi connectivity index (χ3n) is 4.12. The Morgan fingerprint density at radius 3 is 2.56 bits per heavy atom. The summed E-state index contributed by atoms with van der Waals surface area (Å²) in [6.45, 7) is 2.03. The second kappa shape index (κ2) is 5.84. The van der Waals surface area contributed by atoms with Gasteiger partial charge >= 0.3 is 0 Å². The van der Waals surface area contributed by atoms with Gasteiger partial charge in [-0.05, 0) is 25.1 Å². The van der Waals surface area contributed by atoms with Gasteiger partial charge in [-0.1, -0.05) is 29.8 Å². The lowest BCUT2D eigenvalue weighted by molar-refractivity contribution is 0.630. The molecule has 0 aliphatic rings. The van der Waals surface area contributed by atoms with E-state index < -0.39 is 5.82 Å². The van der Waals surface area contributed by atoms with Crippen molar-refractivity contribution in [2.45, 2.75) is 6.92 Å². The highest BCUT2D eigenvalue weighted by molar-refractivity contribution is 5.67. The van der Waals surface area contributed by atoms with Crippen LogP contribution in [0.1, 0.15) is 11.1 Å². The molecule has 4 rings (SSSR count). The minimum Gasteiger partial charge on any atom is -0.296 e. The van der Waals surface area contributed by atoms with Crippen molar-refractivity contribution in [3.05, 3.63) is 78.0 Å². The van der Waals surface area contributed by atoms with E-state index in [-0.39, 0.29) is 5.56 Å². The summed E-state index contributed by atoms with van der Waals surface area (Å²) < 4.78 is 16.2. The van der Waals surface area contributed by atoms with E-state index >= 15 is 0 Å². The van der Waals surface area contributed by atoms with E-state index in [0.717, 1.165) is 11.3 Å². The Morgan fingerprint density at radius 2 is 1.84 bits per heavy atom. The number of hydrogen-bond donors (Lipinski definition) is 0. The van der Waals surface area contributed by atoms with Gasteiger partial charge in [0.25, 0.3) is 0 Å². The van der Waals surface area contributed by atoms with Crippen molar-refractivity contribution in [2.75, 3.05) is 0 Å². The maximum absolute atomic E-state index is 14.4. The summed E-state index contributed by atoms with van der Waals surface area (Å²) in [6, 6.07) is 14.4. The number of fused-ring (bicyclic) bond motifs is 1. The summed E-state index contributed by atoms with van der Waals surface area (Å²) in [6.07, 6.45) is 5.13. The van der Waals surface area contributed by atoms with E-state index in [0.29, 0.717) is 16.9 Å². The Hall–Kier alpha value is -3.52. The average Bonchev–Trinajstić information content (AvgIpc) is 3.05. The SMILES string of the molecule is Cc1ccc(-c2cn3c(-c4ccc(C#N)cc4F)cnc3cn2)cc1. The normalized spacial score (nSPS) is 10.8. The molecule has 0 fully saturated rings. The maximum Gasteiger partial charge on any atom is 0.155 e. The fraction of sp³-hybridized carbons (Fsp3) is 0.0500. The molecule has 25 heavy (non-hydrogen) atoms. The first kappa shape index (κ1) is 15.0. The van der Waals surface area contributed by atoms with Crippen LogP contribution in [0.25, 0.3) is 28.2 Å². The Morgan fingerprint density at radius 1 is 1.04 bits per heavy atom. The van der Waals surface area contributed by atoms with Crippen LogP contribution in [0.3, 0.4) is 0 Å². The van der Waals surface area contributed by atoms with Crippen molar-refractivity contribution < 1.29 is 4.39 Å². The number of halogens is 1. The van der Waals surface area contributed by atoms with Crippen molar-refractivity contribution >= 4 is 5.65 Å². The molecule has 2 aromatic carbocycles. The van der Waals surface area contributed by atoms with E-state index in [4.69, 9.17) is 5.26 Å². The second-order valence-electron chi connectivity index (χ2n) is 5.82. The fourth-order valence-corrected chi connectivity index (χ4v) is 2.75. The lowest BCUT2D eigenvalue weighted by Gasteiger charge is -2.06. The van der Waals surface area contributed by atoms with Gasteiger partial charge < -0.3 is 0 Å². The van der Waals surface area contributed by atoms with E-state index in [1.54, 1.807) is 24.5 Å². The summed E-state index contributed by atoms with van der Waals surface area (Å²) in [5.74, 6) is -0.449. The Labute approximate surface area is 143 Å². The van der Waals surface area contributed by atoms with Crippen molar-refractivity contribution in [1.82, 2.24) is 14.4 Å². The zero-order valence-corrected chi connectivity index (χ0v) is 13.4. The van der Waals surface area contributed by atoms with Gasteiger partial charge in [0.1, 0.15) is 5.82 Å². The Bertz CT molecular complexity index is 1120. The monoisotopic (exact) mass is 328 g/mol. The summed E-state index contributed by atoms with van der Waals surface area (Å²) in [4.78, 5) is 8.74. The number of imidazole rings is 1. The van der Waals surface area contributed by atoms with E-state index in [1.807, 2.05) is 47.9 Å². The molecule has 4 nitrogen and oxygen atoms in total. The molecule has 2 heterocycles. The molecule has 0 spiro atoms. The number of nitriles is 1. The highest BCUT2D eigenvalue weighted by Gasteiger charge is 2.12. The van der Waals surface area contributed by atoms with Crippen LogP contribution >= 0.6 is 0 Å². The van der Waals surface area contributed by atoms with E-state index in [2.05, 4.69) is 9.97 Å². The molecular formula is C20H13FN4. The van der Waals surface area contributed by atoms with Gasteiger partial charge in [0.15, 0.2) is 5.65 Å². The first-order valence-corrected chi connectivity index (χ1v) is 7.76. The number of nitrogens with zero attached hydrogens (tertiary/aromatic N) is 4. The molecule has 0 bridgehead atoms. The number of rotatable bonds is 2. The van der Waals surface area contributed by atoms with Crippen molar-refractivity contribution in [2.24, 2.45) is 0 Å². The van der Waals surface area contributed by atoms with Crippen LogP contribution < -0.4 is 0 Å². The molecule has 0 radical (unpaired) electrons. The van der Waals surface area contributed by atoms with Crippen molar-refractivity contribution in [1.29, 1.82) is 5.26 Å². The van der Waals surface area contributed by atoms with Crippen LogP contribution in [0.5, 0.6) is 0 Å². The quantitative estimate of drug-likeness (QED) is 0.548. The predicted molar refractivity (Wildman–Crippen MR) is 93.3 cm³/mol. The van der Waals surface area contributed by atoms with Gasteiger partial charge in [0.05, 0.1) is 35.4 Å². The lowest BCUT2D eigenvalue weighted by Crippen LogP contribution is -1.95. The minimum atomic E-state index is -0.449. The molecule has 0 saturated carbocycles. The molecular weight excluding hydrogens is 315 g/mol. The molecule has 2 aromatic heterocycles. The second-order valence-corrected chi connectivity index (χ2v) is 5.82. The highest BCUT2D eigenvalue weighted by Crippen LogP contribution is 2.26. The van der Waals surface area contributed by atoms with Crippen molar-refractivity contribution in [3.63, 3.8) is 0 Å². The molecule has 0 saturated heterocycles. The van der Waals surface area contributed by atoms with Crippen LogP contribution in [0.15, 0.2) is 61.1 Å². The first-order chi connectivity index (χ1) is 12.2. The lowest BCUT2D eigenvalue weighted by atomic mass is 10.1. The number of aryl methyl sites for hydroxylation is 1. The Kier molecular flexibility index (Phi) is 3.51. The third kappa shape index (κ3) is 2.64. The van der Waals surface area contributed by atoms with Gasteiger partial charge in [0.2, 0.25) is 0 Å². The van der Waals surface area contributed by atoms with Gasteiger partial charge in [-0.2, -0.15) is 5.26 Å². The number of benzene rings is 2. The molecule has 0 atom stereocenters.